The standard InChI is InChI=1S/C15H24N2O/c1-11-7-6-8-13(12(11)2)9-17-10-15(3,4)14(18)16-5/h6-8,17H,9-10H2,1-5H3,(H,16,18). The molecule has 0 spiro atoms. The van der Waals surface area contributed by atoms with Crippen LogP contribution < -0.4 is 10.6 Å². The summed E-state index contributed by atoms with van der Waals surface area (Å²) in [4.78, 5) is 11.6. The molecule has 0 radical (unpaired) electrons. The van der Waals surface area contributed by atoms with Crippen molar-refractivity contribution in [2.45, 2.75) is 34.2 Å². The molecule has 0 bridgehead atoms. The minimum atomic E-state index is -0.382. The third-order valence-corrected chi connectivity index (χ3v) is 3.44. The van der Waals surface area contributed by atoms with Crippen LogP contribution in [0.25, 0.3) is 0 Å². The molecule has 3 heteroatoms. The van der Waals surface area contributed by atoms with Gasteiger partial charge in [-0.25, -0.2) is 0 Å². The van der Waals surface area contributed by atoms with Crippen LogP contribution in [0.5, 0.6) is 0 Å². The zero-order valence-electron chi connectivity index (χ0n) is 12.1. The molecule has 0 aliphatic heterocycles. The normalized spacial score (nSPS) is 11.4. The predicted octanol–water partition coefficient (Wildman–Crippen LogP) is 2.17. The van der Waals surface area contributed by atoms with Gasteiger partial charge in [-0.15, -0.1) is 0 Å². The molecule has 1 rings (SSSR count). The topological polar surface area (TPSA) is 41.1 Å². The molecule has 1 aromatic carbocycles. The Morgan fingerprint density at radius 2 is 1.94 bits per heavy atom. The Balaban J connectivity index is 2.57. The zero-order valence-corrected chi connectivity index (χ0v) is 12.1. The summed E-state index contributed by atoms with van der Waals surface area (Å²) in [5, 5.41) is 6.06. The van der Waals surface area contributed by atoms with E-state index in [0.29, 0.717) is 6.54 Å². The van der Waals surface area contributed by atoms with Crippen LogP contribution in [0.4, 0.5) is 0 Å². The second kappa shape index (κ2) is 6.01. The molecule has 2 N–H and O–H groups in total. The molecular formula is C15H24N2O. The summed E-state index contributed by atoms with van der Waals surface area (Å²) < 4.78 is 0. The Hall–Kier alpha value is -1.35. The van der Waals surface area contributed by atoms with E-state index < -0.39 is 0 Å². The number of rotatable bonds is 5. The molecule has 0 heterocycles. The number of benzene rings is 1. The summed E-state index contributed by atoms with van der Waals surface area (Å²) in [6, 6.07) is 6.32. The highest BCUT2D eigenvalue weighted by molar-refractivity contribution is 5.81. The smallest absolute Gasteiger partial charge is 0.226 e. The van der Waals surface area contributed by atoms with E-state index in [2.05, 4.69) is 42.7 Å². The van der Waals surface area contributed by atoms with Crippen molar-refractivity contribution in [1.82, 2.24) is 10.6 Å². The average molecular weight is 248 g/mol. The molecule has 18 heavy (non-hydrogen) atoms. The molecular weight excluding hydrogens is 224 g/mol. The van der Waals surface area contributed by atoms with Gasteiger partial charge in [-0.05, 0) is 44.4 Å². The van der Waals surface area contributed by atoms with Gasteiger partial charge in [0.1, 0.15) is 0 Å². The van der Waals surface area contributed by atoms with Crippen LogP contribution in [0.15, 0.2) is 18.2 Å². The highest BCUT2D eigenvalue weighted by Gasteiger charge is 2.25. The van der Waals surface area contributed by atoms with Gasteiger partial charge in [0.15, 0.2) is 0 Å². The second-order valence-corrected chi connectivity index (χ2v) is 5.43. The van der Waals surface area contributed by atoms with Gasteiger partial charge in [0, 0.05) is 20.1 Å². The third kappa shape index (κ3) is 3.57. The fraction of sp³-hybridized carbons (Fsp3) is 0.533. The first-order chi connectivity index (χ1) is 8.38. The molecule has 1 amide bonds. The lowest BCUT2D eigenvalue weighted by Crippen LogP contribution is -2.41. The van der Waals surface area contributed by atoms with Crippen LogP contribution in [0.3, 0.4) is 0 Å². The SMILES string of the molecule is CNC(=O)C(C)(C)CNCc1cccc(C)c1C. The monoisotopic (exact) mass is 248 g/mol. The molecule has 0 aliphatic carbocycles. The predicted molar refractivity (Wildman–Crippen MR) is 75.5 cm³/mol. The second-order valence-electron chi connectivity index (χ2n) is 5.43. The van der Waals surface area contributed by atoms with Gasteiger partial charge in [0.25, 0.3) is 0 Å². The molecule has 0 fully saturated rings. The van der Waals surface area contributed by atoms with Crippen LogP contribution in [0.1, 0.15) is 30.5 Å². The lowest BCUT2D eigenvalue weighted by Gasteiger charge is -2.23. The Morgan fingerprint density at radius 3 is 2.56 bits per heavy atom. The largest absolute Gasteiger partial charge is 0.359 e. The Labute approximate surface area is 110 Å². The van der Waals surface area contributed by atoms with Crippen molar-refractivity contribution in [2.24, 2.45) is 5.41 Å². The number of hydrogen-bond donors (Lipinski definition) is 2. The van der Waals surface area contributed by atoms with Crippen LogP contribution in [-0.2, 0) is 11.3 Å². The summed E-state index contributed by atoms with van der Waals surface area (Å²) >= 11 is 0. The maximum Gasteiger partial charge on any atom is 0.226 e. The van der Waals surface area contributed by atoms with Crippen molar-refractivity contribution in [2.75, 3.05) is 13.6 Å². The first-order valence-electron chi connectivity index (χ1n) is 6.36. The number of aryl methyl sites for hydroxylation is 1. The van der Waals surface area contributed by atoms with Crippen LogP contribution in [0, 0.1) is 19.3 Å². The average Bonchev–Trinajstić information content (AvgIpc) is 2.33. The Morgan fingerprint density at radius 1 is 1.28 bits per heavy atom. The van der Waals surface area contributed by atoms with E-state index in [9.17, 15) is 4.79 Å². The van der Waals surface area contributed by atoms with Gasteiger partial charge < -0.3 is 10.6 Å². The Kier molecular flexibility index (Phi) is 4.91. The number of carbonyl (C=O) groups excluding carboxylic acids is 1. The summed E-state index contributed by atoms with van der Waals surface area (Å²) in [7, 11) is 1.68. The summed E-state index contributed by atoms with van der Waals surface area (Å²) in [5.41, 5.74) is 3.54. The van der Waals surface area contributed by atoms with E-state index >= 15 is 0 Å². The third-order valence-electron chi connectivity index (χ3n) is 3.44. The van der Waals surface area contributed by atoms with Gasteiger partial charge in [-0.2, -0.15) is 0 Å². The molecule has 0 saturated heterocycles. The molecule has 0 unspecified atom stereocenters. The van der Waals surface area contributed by atoms with Gasteiger partial charge >= 0.3 is 0 Å². The first kappa shape index (κ1) is 14.7. The fourth-order valence-electron chi connectivity index (χ4n) is 1.93. The van der Waals surface area contributed by atoms with Crippen LogP contribution >= 0.6 is 0 Å². The summed E-state index contributed by atoms with van der Waals surface area (Å²) in [5.74, 6) is 0.0657. The van der Waals surface area contributed by atoms with Gasteiger partial charge in [0.05, 0.1) is 5.41 Å². The van der Waals surface area contributed by atoms with Gasteiger partial charge in [0.2, 0.25) is 5.91 Å². The maximum atomic E-state index is 11.6. The first-order valence-corrected chi connectivity index (χ1v) is 6.36. The number of nitrogens with one attached hydrogen (secondary N) is 2. The van der Waals surface area contributed by atoms with Crippen LogP contribution in [-0.4, -0.2) is 19.5 Å². The molecule has 0 aromatic heterocycles. The molecule has 0 aliphatic rings. The van der Waals surface area contributed by atoms with Crippen molar-refractivity contribution in [3.05, 3.63) is 34.9 Å². The van der Waals surface area contributed by atoms with Crippen molar-refractivity contribution in [3.63, 3.8) is 0 Å². The molecule has 3 nitrogen and oxygen atoms in total. The highest BCUT2D eigenvalue weighted by atomic mass is 16.2. The van der Waals surface area contributed by atoms with E-state index in [1.54, 1.807) is 7.05 Å². The number of carbonyl (C=O) groups is 1. The van der Waals surface area contributed by atoms with E-state index in [-0.39, 0.29) is 11.3 Å². The van der Waals surface area contributed by atoms with Gasteiger partial charge in [-0.3, -0.25) is 4.79 Å². The lowest BCUT2D eigenvalue weighted by atomic mass is 9.92. The molecule has 0 saturated carbocycles. The zero-order chi connectivity index (χ0) is 13.8. The minimum Gasteiger partial charge on any atom is -0.359 e. The maximum absolute atomic E-state index is 11.6. The van der Waals surface area contributed by atoms with Crippen LogP contribution in [0.2, 0.25) is 0 Å². The summed E-state index contributed by atoms with van der Waals surface area (Å²) in [6.45, 7) is 9.61. The number of amides is 1. The van der Waals surface area contributed by atoms with Crippen molar-refractivity contribution < 1.29 is 4.79 Å². The van der Waals surface area contributed by atoms with Crippen molar-refractivity contribution in [1.29, 1.82) is 0 Å². The van der Waals surface area contributed by atoms with Crippen molar-refractivity contribution in [3.8, 4) is 0 Å². The molecule has 100 valence electrons. The quantitative estimate of drug-likeness (QED) is 0.838. The lowest BCUT2D eigenvalue weighted by molar-refractivity contribution is -0.128. The molecule has 1 aromatic rings. The molecule has 0 atom stereocenters. The highest BCUT2D eigenvalue weighted by Crippen LogP contribution is 2.15. The Bertz CT molecular complexity index is 425. The minimum absolute atomic E-state index is 0.0657. The van der Waals surface area contributed by atoms with Crippen molar-refractivity contribution >= 4 is 5.91 Å². The fourth-order valence-corrected chi connectivity index (χ4v) is 1.93. The van der Waals surface area contributed by atoms with Gasteiger partial charge in [-0.1, -0.05) is 18.2 Å². The van der Waals surface area contributed by atoms with E-state index in [0.717, 1.165) is 6.54 Å². The van der Waals surface area contributed by atoms with E-state index in [4.69, 9.17) is 0 Å². The summed E-state index contributed by atoms with van der Waals surface area (Å²) in [6.07, 6.45) is 0. The van der Waals surface area contributed by atoms with E-state index in [1.165, 1.54) is 16.7 Å². The number of hydrogen-bond acceptors (Lipinski definition) is 2. The van der Waals surface area contributed by atoms with E-state index in [1.807, 2.05) is 13.8 Å².